The highest BCUT2D eigenvalue weighted by Crippen LogP contribution is 2.11. The Hall–Kier alpha value is -1.12. The van der Waals surface area contributed by atoms with Crippen molar-refractivity contribution in [1.29, 1.82) is 0 Å². The minimum Gasteiger partial charge on any atom is -0.311 e. The van der Waals surface area contributed by atoms with E-state index >= 15 is 0 Å². The highest BCUT2D eigenvalue weighted by molar-refractivity contribution is 6.20. The van der Waals surface area contributed by atoms with E-state index < -0.39 is 0 Å². The molecule has 0 aliphatic carbocycles. The third-order valence-corrected chi connectivity index (χ3v) is 3.57. The minimum atomic E-state index is 0.280. The molecule has 1 N–H and O–H groups in total. The fourth-order valence-electron chi connectivity index (χ4n) is 1.89. The van der Waals surface area contributed by atoms with Crippen molar-refractivity contribution in [1.82, 2.24) is 10.3 Å². The van der Waals surface area contributed by atoms with Gasteiger partial charge in [-0.1, -0.05) is 31.2 Å². The Kier molecular flexibility index (Phi) is 4.97. The maximum Gasteiger partial charge on any atom is 0.0705 e. The first-order valence-electron chi connectivity index (χ1n) is 6.49. The lowest BCUT2D eigenvalue weighted by atomic mass is 10.2. The summed E-state index contributed by atoms with van der Waals surface area (Å²) in [6.07, 6.45) is 2.03. The Bertz CT molecular complexity index is 499. The van der Waals surface area contributed by atoms with Crippen molar-refractivity contribution in [2.24, 2.45) is 0 Å². The van der Waals surface area contributed by atoms with Crippen LogP contribution in [0.25, 0.3) is 10.9 Å². The van der Waals surface area contributed by atoms with Gasteiger partial charge in [0.1, 0.15) is 0 Å². The number of nitrogens with one attached hydrogen (secondary N) is 1. The first-order valence-corrected chi connectivity index (χ1v) is 6.92. The second-order valence-electron chi connectivity index (χ2n) is 4.47. The lowest BCUT2D eigenvalue weighted by Gasteiger charge is -2.08. The SMILES string of the molecule is CCC(Cl)CCNCc1ccc2ccccc2n1. The van der Waals surface area contributed by atoms with Gasteiger partial charge in [0.05, 0.1) is 11.2 Å². The monoisotopic (exact) mass is 262 g/mol. The highest BCUT2D eigenvalue weighted by Gasteiger charge is 2.01. The molecule has 0 saturated heterocycles. The molecule has 1 heterocycles. The normalized spacial score (nSPS) is 12.8. The van der Waals surface area contributed by atoms with Gasteiger partial charge in [-0.3, -0.25) is 4.98 Å². The van der Waals surface area contributed by atoms with Crippen molar-refractivity contribution in [3.8, 4) is 0 Å². The maximum atomic E-state index is 6.07. The third kappa shape index (κ3) is 3.69. The van der Waals surface area contributed by atoms with Gasteiger partial charge in [0.15, 0.2) is 0 Å². The van der Waals surface area contributed by atoms with E-state index in [-0.39, 0.29) is 5.38 Å². The van der Waals surface area contributed by atoms with Gasteiger partial charge < -0.3 is 5.32 Å². The molecule has 1 unspecified atom stereocenters. The van der Waals surface area contributed by atoms with Crippen LogP contribution in [0.1, 0.15) is 25.5 Å². The van der Waals surface area contributed by atoms with Gasteiger partial charge in [0.2, 0.25) is 0 Å². The number of rotatable bonds is 6. The van der Waals surface area contributed by atoms with E-state index in [1.165, 1.54) is 5.39 Å². The number of pyridine rings is 1. The number of nitrogens with zero attached hydrogens (tertiary/aromatic N) is 1. The van der Waals surface area contributed by atoms with E-state index in [0.717, 1.165) is 37.1 Å². The van der Waals surface area contributed by atoms with Crippen molar-refractivity contribution in [2.45, 2.75) is 31.7 Å². The fourth-order valence-corrected chi connectivity index (χ4v) is 2.00. The zero-order valence-corrected chi connectivity index (χ0v) is 11.5. The Morgan fingerprint density at radius 3 is 2.89 bits per heavy atom. The summed E-state index contributed by atoms with van der Waals surface area (Å²) in [5, 5.41) is 4.85. The molecule has 1 aromatic heterocycles. The zero-order valence-electron chi connectivity index (χ0n) is 10.7. The van der Waals surface area contributed by atoms with E-state index in [0.29, 0.717) is 0 Å². The minimum absolute atomic E-state index is 0.280. The summed E-state index contributed by atoms with van der Waals surface area (Å²) < 4.78 is 0. The summed E-state index contributed by atoms with van der Waals surface area (Å²) in [4.78, 5) is 4.62. The third-order valence-electron chi connectivity index (χ3n) is 3.04. The quantitative estimate of drug-likeness (QED) is 0.634. The average Bonchev–Trinajstić information content (AvgIpc) is 2.43. The van der Waals surface area contributed by atoms with Gasteiger partial charge in [-0.2, -0.15) is 0 Å². The number of hydrogen-bond donors (Lipinski definition) is 1. The summed E-state index contributed by atoms with van der Waals surface area (Å²) in [5.74, 6) is 0. The van der Waals surface area contributed by atoms with Crippen molar-refractivity contribution >= 4 is 22.5 Å². The van der Waals surface area contributed by atoms with Crippen LogP contribution in [-0.2, 0) is 6.54 Å². The molecule has 0 aliphatic rings. The van der Waals surface area contributed by atoms with Crippen molar-refractivity contribution in [3.63, 3.8) is 0 Å². The largest absolute Gasteiger partial charge is 0.311 e. The van der Waals surface area contributed by atoms with Crippen molar-refractivity contribution in [3.05, 3.63) is 42.1 Å². The summed E-state index contributed by atoms with van der Waals surface area (Å²) in [6, 6.07) is 12.4. The molecule has 0 radical (unpaired) electrons. The summed E-state index contributed by atoms with van der Waals surface area (Å²) in [5.41, 5.74) is 2.14. The molecule has 2 aromatic rings. The topological polar surface area (TPSA) is 24.9 Å². The summed E-state index contributed by atoms with van der Waals surface area (Å²) >= 11 is 6.07. The number of alkyl halides is 1. The van der Waals surface area contributed by atoms with Crippen LogP contribution in [0.5, 0.6) is 0 Å². The zero-order chi connectivity index (χ0) is 12.8. The van der Waals surface area contributed by atoms with Crippen LogP contribution in [0.2, 0.25) is 0 Å². The van der Waals surface area contributed by atoms with Crippen LogP contribution < -0.4 is 5.32 Å². The van der Waals surface area contributed by atoms with E-state index in [1.807, 2.05) is 18.2 Å². The van der Waals surface area contributed by atoms with E-state index in [9.17, 15) is 0 Å². The molecule has 2 nitrogen and oxygen atoms in total. The van der Waals surface area contributed by atoms with Gasteiger partial charge in [-0.15, -0.1) is 11.6 Å². The first-order chi connectivity index (χ1) is 8.79. The van der Waals surface area contributed by atoms with Crippen LogP contribution in [0, 0.1) is 0 Å². The van der Waals surface area contributed by atoms with E-state index in [4.69, 9.17) is 11.6 Å². The van der Waals surface area contributed by atoms with Gasteiger partial charge in [-0.05, 0) is 31.5 Å². The molecule has 96 valence electrons. The van der Waals surface area contributed by atoms with Crippen LogP contribution in [0.3, 0.4) is 0 Å². The number of aromatic nitrogens is 1. The Balaban J connectivity index is 1.88. The first kappa shape index (κ1) is 13.3. The molecule has 0 aliphatic heterocycles. The molecular formula is C15H19ClN2. The Morgan fingerprint density at radius 2 is 2.06 bits per heavy atom. The Labute approximate surface area is 113 Å². The number of para-hydroxylation sites is 1. The van der Waals surface area contributed by atoms with E-state index in [2.05, 4.69) is 35.4 Å². The number of fused-ring (bicyclic) bond motifs is 1. The Morgan fingerprint density at radius 1 is 1.22 bits per heavy atom. The molecule has 1 atom stereocenters. The van der Waals surface area contributed by atoms with Crippen LogP contribution in [0.15, 0.2) is 36.4 Å². The van der Waals surface area contributed by atoms with Gasteiger partial charge >= 0.3 is 0 Å². The van der Waals surface area contributed by atoms with Gasteiger partial charge in [-0.25, -0.2) is 0 Å². The smallest absolute Gasteiger partial charge is 0.0705 e. The lowest BCUT2D eigenvalue weighted by molar-refractivity contribution is 0.616. The van der Waals surface area contributed by atoms with Gasteiger partial charge in [0, 0.05) is 17.3 Å². The summed E-state index contributed by atoms with van der Waals surface area (Å²) in [6.45, 7) is 3.86. The second kappa shape index (κ2) is 6.72. The molecule has 0 spiro atoms. The fraction of sp³-hybridized carbons (Fsp3) is 0.400. The molecule has 18 heavy (non-hydrogen) atoms. The second-order valence-corrected chi connectivity index (χ2v) is 5.08. The maximum absolute atomic E-state index is 6.07. The van der Waals surface area contributed by atoms with Crippen LogP contribution >= 0.6 is 11.6 Å². The molecule has 2 rings (SSSR count). The molecule has 3 heteroatoms. The van der Waals surface area contributed by atoms with E-state index in [1.54, 1.807) is 0 Å². The molecule has 0 saturated carbocycles. The standard InChI is InChI=1S/C15H19ClN2/c1-2-13(16)9-10-17-11-14-8-7-12-5-3-4-6-15(12)18-14/h3-8,13,17H,2,9-11H2,1H3. The molecule has 0 amide bonds. The number of benzene rings is 1. The van der Waals surface area contributed by atoms with Crippen molar-refractivity contribution in [2.75, 3.05) is 6.54 Å². The lowest BCUT2D eigenvalue weighted by Crippen LogP contribution is -2.18. The number of hydrogen-bond acceptors (Lipinski definition) is 2. The highest BCUT2D eigenvalue weighted by atomic mass is 35.5. The van der Waals surface area contributed by atoms with Crippen molar-refractivity contribution < 1.29 is 0 Å². The molecular weight excluding hydrogens is 244 g/mol. The molecule has 1 aromatic carbocycles. The predicted octanol–water partition coefficient (Wildman–Crippen LogP) is 3.73. The summed E-state index contributed by atoms with van der Waals surface area (Å²) in [7, 11) is 0. The molecule has 0 fully saturated rings. The van der Waals surface area contributed by atoms with Crippen LogP contribution in [-0.4, -0.2) is 16.9 Å². The molecule has 0 bridgehead atoms. The predicted molar refractivity (Wildman–Crippen MR) is 78.0 cm³/mol. The average molecular weight is 263 g/mol. The van der Waals surface area contributed by atoms with Crippen LogP contribution in [0.4, 0.5) is 0 Å². The number of halogens is 1. The van der Waals surface area contributed by atoms with Gasteiger partial charge in [0.25, 0.3) is 0 Å².